The number of ether oxygens (including phenoxy) is 1. The van der Waals surface area contributed by atoms with Gasteiger partial charge in [0.05, 0.1) is 18.7 Å². The summed E-state index contributed by atoms with van der Waals surface area (Å²) in [4.78, 5) is 32.5. The Kier molecular flexibility index (Phi) is 4.84. The van der Waals surface area contributed by atoms with Crippen LogP contribution in [0.1, 0.15) is 28.9 Å². The third kappa shape index (κ3) is 3.54. The molecule has 2 amide bonds. The molecule has 0 unspecified atom stereocenters. The highest BCUT2D eigenvalue weighted by Crippen LogP contribution is 2.40. The van der Waals surface area contributed by atoms with E-state index in [9.17, 15) is 9.59 Å². The van der Waals surface area contributed by atoms with Crippen molar-refractivity contribution in [3.63, 3.8) is 0 Å². The summed E-state index contributed by atoms with van der Waals surface area (Å²) in [5.74, 6) is 0.0539. The lowest BCUT2D eigenvalue weighted by Crippen LogP contribution is -2.62. The number of fused-ring (bicyclic) bond motifs is 1. The summed E-state index contributed by atoms with van der Waals surface area (Å²) in [5, 5.41) is 6.68. The molecule has 2 N–H and O–H groups in total. The Labute approximate surface area is 161 Å². The van der Waals surface area contributed by atoms with Gasteiger partial charge in [-0.15, -0.1) is 11.3 Å². The fraction of sp³-hybridized carbons (Fsp3) is 0.421. The van der Waals surface area contributed by atoms with E-state index in [-0.39, 0.29) is 11.8 Å². The molecule has 0 atom stereocenters. The Morgan fingerprint density at radius 2 is 2.04 bits per heavy atom. The second-order valence-electron chi connectivity index (χ2n) is 6.87. The first-order valence-corrected chi connectivity index (χ1v) is 9.83. The third-order valence-electron chi connectivity index (χ3n) is 5.12. The normalized spacial score (nSPS) is 18.0. The number of amides is 2. The quantitative estimate of drug-likeness (QED) is 0.843. The van der Waals surface area contributed by atoms with E-state index >= 15 is 0 Å². The number of thiophene rings is 1. The first-order valence-electron chi connectivity index (χ1n) is 9.02. The van der Waals surface area contributed by atoms with Crippen LogP contribution in [-0.2, 0) is 9.53 Å². The van der Waals surface area contributed by atoms with Gasteiger partial charge in [0.2, 0.25) is 5.91 Å². The van der Waals surface area contributed by atoms with Crippen molar-refractivity contribution >= 4 is 28.8 Å². The third-order valence-corrected chi connectivity index (χ3v) is 6.30. The second-order valence-corrected chi connectivity index (χ2v) is 7.93. The SMILES string of the molecule is COCCC(=O)N1CCC2(CC1)NC(=O)c1sc(-c3ccncc3)cc1N2. The van der Waals surface area contributed by atoms with E-state index in [1.165, 1.54) is 11.3 Å². The van der Waals surface area contributed by atoms with E-state index in [0.717, 1.165) is 16.1 Å². The van der Waals surface area contributed by atoms with Crippen molar-refractivity contribution < 1.29 is 14.3 Å². The van der Waals surface area contributed by atoms with Gasteiger partial charge in [0.1, 0.15) is 10.5 Å². The van der Waals surface area contributed by atoms with Gasteiger partial charge in [0, 0.05) is 50.3 Å². The molecule has 2 aromatic rings. The van der Waals surface area contributed by atoms with Crippen LogP contribution in [0.3, 0.4) is 0 Å². The van der Waals surface area contributed by atoms with Crippen LogP contribution >= 0.6 is 11.3 Å². The van der Waals surface area contributed by atoms with Crippen LogP contribution in [0.25, 0.3) is 10.4 Å². The van der Waals surface area contributed by atoms with Crippen LogP contribution in [0, 0.1) is 0 Å². The van der Waals surface area contributed by atoms with Crippen LogP contribution in [0.5, 0.6) is 0 Å². The number of rotatable bonds is 4. The Balaban J connectivity index is 1.48. The topological polar surface area (TPSA) is 83.6 Å². The van der Waals surface area contributed by atoms with E-state index in [4.69, 9.17) is 4.74 Å². The van der Waals surface area contributed by atoms with Gasteiger partial charge in [-0.3, -0.25) is 14.6 Å². The molecule has 2 aliphatic heterocycles. The second kappa shape index (κ2) is 7.28. The Morgan fingerprint density at radius 3 is 2.74 bits per heavy atom. The average Bonchev–Trinajstić information content (AvgIpc) is 3.12. The first-order chi connectivity index (χ1) is 13.1. The van der Waals surface area contributed by atoms with Gasteiger partial charge in [0.25, 0.3) is 5.91 Å². The molecule has 4 heterocycles. The molecule has 0 aliphatic carbocycles. The molecule has 4 rings (SSSR count). The Bertz CT molecular complexity index is 844. The maximum atomic E-state index is 12.7. The molecule has 1 saturated heterocycles. The lowest BCUT2D eigenvalue weighted by molar-refractivity contribution is -0.133. The standard InChI is InChI=1S/C19H22N4O3S/c1-26-11-4-16(24)23-9-5-19(6-10-23)21-14-12-15(13-2-7-20-8-3-13)27-17(14)18(25)22-19/h2-3,7-8,12,21H,4-6,9-11H2,1H3,(H,22,25). The van der Waals surface area contributed by atoms with Gasteiger partial charge in [-0.1, -0.05) is 0 Å². The Morgan fingerprint density at radius 1 is 1.30 bits per heavy atom. The number of carbonyl (C=O) groups is 2. The van der Waals surface area contributed by atoms with E-state index < -0.39 is 5.66 Å². The number of aromatic nitrogens is 1. The zero-order valence-electron chi connectivity index (χ0n) is 15.2. The summed E-state index contributed by atoms with van der Waals surface area (Å²) in [6, 6.07) is 5.91. The minimum Gasteiger partial charge on any atom is -0.384 e. The lowest BCUT2D eigenvalue weighted by atomic mass is 9.94. The molecule has 27 heavy (non-hydrogen) atoms. The van der Waals surface area contributed by atoms with E-state index in [1.807, 2.05) is 23.1 Å². The van der Waals surface area contributed by atoms with Crippen molar-refractivity contribution in [1.29, 1.82) is 0 Å². The van der Waals surface area contributed by atoms with Gasteiger partial charge < -0.3 is 20.3 Å². The first kappa shape index (κ1) is 17.9. The summed E-state index contributed by atoms with van der Waals surface area (Å²) < 4.78 is 4.99. The number of nitrogens with one attached hydrogen (secondary N) is 2. The Hall–Kier alpha value is -2.45. The van der Waals surface area contributed by atoms with Gasteiger partial charge in [-0.05, 0) is 23.8 Å². The van der Waals surface area contributed by atoms with Gasteiger partial charge in [-0.2, -0.15) is 0 Å². The number of likely N-dealkylation sites (tertiary alicyclic amines) is 1. The number of hydrogen-bond acceptors (Lipinski definition) is 6. The predicted molar refractivity (Wildman–Crippen MR) is 104 cm³/mol. The van der Waals surface area contributed by atoms with E-state index in [1.54, 1.807) is 19.5 Å². The molecule has 1 spiro atoms. The maximum absolute atomic E-state index is 12.7. The fourth-order valence-corrected chi connectivity index (χ4v) is 4.62. The monoisotopic (exact) mass is 386 g/mol. The van der Waals surface area contributed by atoms with Crippen LogP contribution in [-0.4, -0.2) is 54.2 Å². The predicted octanol–water partition coefficient (Wildman–Crippen LogP) is 2.32. The molecule has 7 nitrogen and oxygen atoms in total. The zero-order valence-corrected chi connectivity index (χ0v) is 16.0. The highest BCUT2D eigenvalue weighted by molar-refractivity contribution is 7.18. The van der Waals surface area contributed by atoms with E-state index in [2.05, 4.69) is 15.6 Å². The maximum Gasteiger partial charge on any atom is 0.265 e. The van der Waals surface area contributed by atoms with Crippen molar-refractivity contribution in [3.05, 3.63) is 35.5 Å². The van der Waals surface area contributed by atoms with Crippen LogP contribution in [0.4, 0.5) is 5.69 Å². The number of anilines is 1. The fourth-order valence-electron chi connectivity index (χ4n) is 3.61. The largest absolute Gasteiger partial charge is 0.384 e. The summed E-state index contributed by atoms with van der Waals surface area (Å²) in [6.07, 6.45) is 5.25. The van der Waals surface area contributed by atoms with E-state index in [0.29, 0.717) is 43.8 Å². The zero-order chi connectivity index (χ0) is 18.9. The van der Waals surface area contributed by atoms with Crippen LogP contribution < -0.4 is 10.6 Å². The van der Waals surface area contributed by atoms with Gasteiger partial charge in [0.15, 0.2) is 0 Å². The molecule has 0 radical (unpaired) electrons. The summed E-state index contributed by atoms with van der Waals surface area (Å²) in [7, 11) is 1.60. The average molecular weight is 386 g/mol. The summed E-state index contributed by atoms with van der Waals surface area (Å²) in [5.41, 5.74) is 1.43. The minimum atomic E-state index is -0.487. The number of pyridine rings is 1. The highest BCUT2D eigenvalue weighted by Gasteiger charge is 2.41. The summed E-state index contributed by atoms with van der Waals surface area (Å²) >= 11 is 1.48. The van der Waals surface area contributed by atoms with Crippen molar-refractivity contribution in [3.8, 4) is 10.4 Å². The number of piperidine rings is 1. The molecule has 142 valence electrons. The molecule has 0 aromatic carbocycles. The molecule has 0 bridgehead atoms. The van der Waals surface area contributed by atoms with Gasteiger partial charge in [-0.25, -0.2) is 0 Å². The molecular formula is C19H22N4O3S. The molecular weight excluding hydrogens is 364 g/mol. The lowest BCUT2D eigenvalue weighted by Gasteiger charge is -2.45. The molecule has 0 saturated carbocycles. The number of nitrogens with zero attached hydrogens (tertiary/aromatic N) is 2. The van der Waals surface area contributed by atoms with Crippen molar-refractivity contribution in [2.24, 2.45) is 0 Å². The summed E-state index contributed by atoms with van der Waals surface area (Å²) in [6.45, 7) is 1.67. The molecule has 2 aliphatic rings. The van der Waals surface area contributed by atoms with Crippen molar-refractivity contribution in [1.82, 2.24) is 15.2 Å². The number of carbonyl (C=O) groups excluding carboxylic acids is 2. The highest BCUT2D eigenvalue weighted by atomic mass is 32.1. The van der Waals surface area contributed by atoms with Crippen molar-refractivity contribution in [2.75, 3.05) is 32.1 Å². The minimum absolute atomic E-state index is 0.0479. The van der Waals surface area contributed by atoms with Crippen LogP contribution in [0.2, 0.25) is 0 Å². The van der Waals surface area contributed by atoms with Crippen molar-refractivity contribution in [2.45, 2.75) is 24.9 Å². The number of hydrogen-bond donors (Lipinski definition) is 2. The molecule has 1 fully saturated rings. The molecule has 8 heteroatoms. The molecule has 2 aromatic heterocycles. The smallest absolute Gasteiger partial charge is 0.265 e. The number of methoxy groups -OCH3 is 1. The van der Waals surface area contributed by atoms with Crippen LogP contribution in [0.15, 0.2) is 30.6 Å². The van der Waals surface area contributed by atoms with Gasteiger partial charge >= 0.3 is 0 Å².